The number of thiazole rings is 1. The fraction of sp³-hybridized carbons (Fsp3) is 0.533. The summed E-state index contributed by atoms with van der Waals surface area (Å²) >= 11 is 1.48. The molecule has 1 amide bonds. The van der Waals surface area contributed by atoms with E-state index in [0.29, 0.717) is 26.3 Å². The van der Waals surface area contributed by atoms with Crippen LogP contribution in [0.1, 0.15) is 26.6 Å². The van der Waals surface area contributed by atoms with E-state index in [1.54, 1.807) is 6.26 Å². The number of anilines is 1. The van der Waals surface area contributed by atoms with Gasteiger partial charge < -0.3 is 19.1 Å². The monoisotopic (exact) mass is 334 g/mol. The lowest BCUT2D eigenvalue weighted by atomic mass is 10.1. The van der Waals surface area contributed by atoms with Crippen LogP contribution in [0.15, 0.2) is 10.8 Å². The molecule has 0 unspecified atom stereocenters. The second kappa shape index (κ2) is 5.93. The van der Waals surface area contributed by atoms with Crippen LogP contribution in [0.5, 0.6) is 0 Å². The number of ether oxygens (including phenoxy) is 1. The summed E-state index contributed by atoms with van der Waals surface area (Å²) < 4.78 is 10.4. The first-order valence-corrected chi connectivity index (χ1v) is 8.55. The van der Waals surface area contributed by atoms with Crippen LogP contribution in [-0.4, -0.2) is 53.8 Å². The van der Waals surface area contributed by atoms with Gasteiger partial charge in [0.25, 0.3) is 5.91 Å². The fourth-order valence-electron chi connectivity index (χ4n) is 2.93. The zero-order valence-corrected chi connectivity index (χ0v) is 13.8. The van der Waals surface area contributed by atoms with Gasteiger partial charge in [0.1, 0.15) is 11.1 Å². The van der Waals surface area contributed by atoms with Crippen LogP contribution >= 0.6 is 11.3 Å². The zero-order valence-electron chi connectivity index (χ0n) is 12.9. The number of fused-ring (bicyclic) bond motifs is 1. The zero-order chi connectivity index (χ0) is 15.8. The van der Waals surface area contributed by atoms with Gasteiger partial charge in [-0.1, -0.05) is 16.5 Å². The number of morpholine rings is 1. The smallest absolute Gasteiger partial charge is 0.266 e. The van der Waals surface area contributed by atoms with E-state index in [1.165, 1.54) is 11.3 Å². The van der Waals surface area contributed by atoms with E-state index in [1.807, 2.05) is 11.8 Å². The number of rotatable bonds is 2. The summed E-state index contributed by atoms with van der Waals surface area (Å²) in [7, 11) is 0. The Morgan fingerprint density at radius 3 is 2.96 bits per heavy atom. The van der Waals surface area contributed by atoms with Gasteiger partial charge in [0, 0.05) is 31.6 Å². The van der Waals surface area contributed by atoms with E-state index in [4.69, 9.17) is 9.26 Å². The van der Waals surface area contributed by atoms with Gasteiger partial charge in [0.2, 0.25) is 0 Å². The SMILES string of the molecule is Cc1nc(N2CCOCC2)sc1C(=O)N1CCc2nocc2C1. The van der Waals surface area contributed by atoms with Crippen molar-refractivity contribution in [3.8, 4) is 0 Å². The average molecular weight is 334 g/mol. The van der Waals surface area contributed by atoms with Gasteiger partial charge in [0.05, 0.1) is 31.1 Å². The average Bonchev–Trinajstić information content (AvgIpc) is 3.20. The lowest BCUT2D eigenvalue weighted by Crippen LogP contribution is -2.36. The predicted molar refractivity (Wildman–Crippen MR) is 84.8 cm³/mol. The summed E-state index contributed by atoms with van der Waals surface area (Å²) in [5.41, 5.74) is 2.77. The van der Waals surface area contributed by atoms with Crippen molar-refractivity contribution in [1.29, 1.82) is 0 Å². The standard InChI is InChI=1S/C15H18N4O3S/c1-10-13(23-15(16-10)18-4-6-21-7-5-18)14(20)19-3-2-12-11(8-19)9-22-17-12/h9H,2-8H2,1H3. The van der Waals surface area contributed by atoms with Crippen LogP contribution in [0.2, 0.25) is 0 Å². The second-order valence-electron chi connectivity index (χ2n) is 5.77. The molecule has 0 spiro atoms. The van der Waals surface area contributed by atoms with Crippen molar-refractivity contribution in [2.75, 3.05) is 37.7 Å². The first-order valence-electron chi connectivity index (χ1n) is 7.74. The van der Waals surface area contributed by atoms with Crippen LogP contribution in [0.4, 0.5) is 5.13 Å². The summed E-state index contributed by atoms with van der Waals surface area (Å²) in [6.07, 6.45) is 2.37. The molecule has 2 aromatic rings. The Morgan fingerprint density at radius 2 is 2.13 bits per heavy atom. The Bertz CT molecular complexity index is 720. The molecule has 0 radical (unpaired) electrons. The molecule has 4 rings (SSSR count). The van der Waals surface area contributed by atoms with Crippen LogP contribution in [0, 0.1) is 6.92 Å². The molecule has 4 heterocycles. The van der Waals surface area contributed by atoms with E-state index >= 15 is 0 Å². The first-order chi connectivity index (χ1) is 11.2. The minimum atomic E-state index is 0.0476. The molecule has 0 aromatic carbocycles. The molecule has 122 valence electrons. The highest BCUT2D eigenvalue weighted by molar-refractivity contribution is 7.17. The minimum absolute atomic E-state index is 0.0476. The number of hydrogen-bond donors (Lipinski definition) is 0. The number of aryl methyl sites for hydroxylation is 1. The topological polar surface area (TPSA) is 71.7 Å². The Labute approximate surface area is 137 Å². The van der Waals surface area contributed by atoms with Crippen LogP contribution in [0.25, 0.3) is 0 Å². The Morgan fingerprint density at radius 1 is 1.30 bits per heavy atom. The number of hydrogen-bond acceptors (Lipinski definition) is 7. The molecule has 0 saturated carbocycles. The van der Waals surface area contributed by atoms with Crippen molar-refractivity contribution in [3.63, 3.8) is 0 Å². The highest BCUT2D eigenvalue weighted by Gasteiger charge is 2.28. The first kappa shape index (κ1) is 14.6. The molecule has 2 aromatic heterocycles. The van der Waals surface area contributed by atoms with Crippen molar-refractivity contribution >= 4 is 22.4 Å². The van der Waals surface area contributed by atoms with Crippen LogP contribution < -0.4 is 4.90 Å². The third-order valence-electron chi connectivity index (χ3n) is 4.26. The Kier molecular flexibility index (Phi) is 3.78. The molecular formula is C15H18N4O3S. The van der Waals surface area contributed by atoms with Crippen molar-refractivity contribution in [2.24, 2.45) is 0 Å². The van der Waals surface area contributed by atoms with Crippen LogP contribution in [0.3, 0.4) is 0 Å². The van der Waals surface area contributed by atoms with Crippen molar-refractivity contribution < 1.29 is 14.1 Å². The quantitative estimate of drug-likeness (QED) is 0.828. The van der Waals surface area contributed by atoms with Crippen molar-refractivity contribution in [3.05, 3.63) is 28.1 Å². The van der Waals surface area contributed by atoms with E-state index in [0.717, 1.165) is 46.5 Å². The van der Waals surface area contributed by atoms with Crippen molar-refractivity contribution in [1.82, 2.24) is 15.0 Å². The highest BCUT2D eigenvalue weighted by Crippen LogP contribution is 2.29. The number of amides is 1. The van der Waals surface area contributed by atoms with E-state index < -0.39 is 0 Å². The van der Waals surface area contributed by atoms with Gasteiger partial charge in [-0.05, 0) is 6.92 Å². The van der Waals surface area contributed by atoms with E-state index in [2.05, 4.69) is 15.0 Å². The Hall–Kier alpha value is -1.93. The summed E-state index contributed by atoms with van der Waals surface area (Å²) in [5, 5.41) is 4.88. The number of nitrogens with zero attached hydrogens (tertiary/aromatic N) is 4. The summed E-state index contributed by atoms with van der Waals surface area (Å²) in [6, 6.07) is 0. The van der Waals surface area contributed by atoms with Gasteiger partial charge in [-0.2, -0.15) is 0 Å². The molecule has 8 heteroatoms. The highest BCUT2D eigenvalue weighted by atomic mass is 32.1. The Balaban J connectivity index is 1.53. The predicted octanol–water partition coefficient (Wildman–Crippen LogP) is 1.47. The van der Waals surface area contributed by atoms with Gasteiger partial charge in [0.15, 0.2) is 5.13 Å². The van der Waals surface area contributed by atoms with Gasteiger partial charge in [-0.15, -0.1) is 0 Å². The van der Waals surface area contributed by atoms with Gasteiger partial charge >= 0.3 is 0 Å². The minimum Gasteiger partial charge on any atom is -0.378 e. The largest absolute Gasteiger partial charge is 0.378 e. The molecule has 0 bridgehead atoms. The summed E-state index contributed by atoms with van der Waals surface area (Å²) in [5.74, 6) is 0.0476. The maximum atomic E-state index is 12.9. The summed E-state index contributed by atoms with van der Waals surface area (Å²) in [4.78, 5) is 22.2. The third-order valence-corrected chi connectivity index (χ3v) is 5.46. The molecule has 7 nitrogen and oxygen atoms in total. The number of carbonyl (C=O) groups is 1. The lowest BCUT2D eigenvalue weighted by Gasteiger charge is -2.26. The molecular weight excluding hydrogens is 316 g/mol. The molecule has 1 fully saturated rings. The molecule has 0 atom stereocenters. The molecule has 2 aliphatic heterocycles. The third kappa shape index (κ3) is 2.72. The molecule has 0 aliphatic carbocycles. The van der Waals surface area contributed by atoms with Gasteiger partial charge in [-0.25, -0.2) is 4.98 Å². The molecule has 0 N–H and O–H groups in total. The molecule has 1 saturated heterocycles. The van der Waals surface area contributed by atoms with E-state index in [-0.39, 0.29) is 5.91 Å². The van der Waals surface area contributed by atoms with E-state index in [9.17, 15) is 4.79 Å². The fourth-order valence-corrected chi connectivity index (χ4v) is 4.01. The van der Waals surface area contributed by atoms with Crippen molar-refractivity contribution in [2.45, 2.75) is 19.9 Å². The maximum absolute atomic E-state index is 12.9. The second-order valence-corrected chi connectivity index (χ2v) is 6.75. The van der Waals surface area contributed by atoms with Crippen LogP contribution in [-0.2, 0) is 17.7 Å². The number of aromatic nitrogens is 2. The lowest BCUT2D eigenvalue weighted by molar-refractivity contribution is 0.0738. The molecule has 23 heavy (non-hydrogen) atoms. The normalized spacial score (nSPS) is 18.1. The van der Waals surface area contributed by atoms with Gasteiger partial charge in [-0.3, -0.25) is 4.79 Å². The molecule has 2 aliphatic rings. The number of carbonyl (C=O) groups excluding carboxylic acids is 1. The maximum Gasteiger partial charge on any atom is 0.266 e. The summed E-state index contributed by atoms with van der Waals surface area (Å²) in [6.45, 7) is 6.21.